The largest absolute Gasteiger partial charge is 0.481 e. The number of carbonyl (C=O) groups is 1. The molecule has 3 N–H and O–H groups in total. The van der Waals surface area contributed by atoms with Crippen LogP contribution in [-0.4, -0.2) is 21.0 Å². The van der Waals surface area contributed by atoms with Crippen LogP contribution in [0.5, 0.6) is 0 Å². The van der Waals surface area contributed by atoms with Gasteiger partial charge in [-0.05, 0) is 42.3 Å². The third kappa shape index (κ3) is 3.73. The first kappa shape index (κ1) is 17.4. The van der Waals surface area contributed by atoms with Gasteiger partial charge in [0.25, 0.3) is 0 Å². The fourth-order valence-electron chi connectivity index (χ4n) is 2.83. The Bertz CT molecular complexity index is 992. The van der Waals surface area contributed by atoms with E-state index < -0.39 is 11.9 Å². The number of rotatable bonds is 5. The van der Waals surface area contributed by atoms with E-state index in [1.54, 1.807) is 31.1 Å². The Morgan fingerprint density at radius 3 is 2.74 bits per heavy atom. The average molecular weight is 378 g/mol. The number of hydrogen-bond donors (Lipinski definition) is 3. The van der Waals surface area contributed by atoms with Crippen molar-refractivity contribution in [1.82, 2.24) is 9.97 Å². The topological polar surface area (TPSA) is 87.1 Å². The van der Waals surface area contributed by atoms with Crippen LogP contribution in [0.1, 0.15) is 24.0 Å². The number of carboxylic acids is 1. The molecule has 1 unspecified atom stereocenters. The molecule has 3 aromatic rings. The minimum atomic E-state index is -0.818. The molecule has 6 nitrogen and oxygen atoms in total. The summed E-state index contributed by atoms with van der Waals surface area (Å²) in [6.07, 6.45) is 3.37. The maximum Gasteiger partial charge on any atom is 0.310 e. The number of nitrogens with zero attached hydrogens (tertiary/aromatic N) is 2. The lowest BCUT2D eigenvalue weighted by Gasteiger charge is -2.19. The molecular formula is C20H18N4O2S. The Hall–Kier alpha value is -3.06. The van der Waals surface area contributed by atoms with Crippen molar-refractivity contribution in [1.29, 1.82) is 0 Å². The maximum atomic E-state index is 11.1. The lowest BCUT2D eigenvalue weighted by Crippen LogP contribution is -2.07. The zero-order valence-electron chi connectivity index (χ0n) is 14.6. The summed E-state index contributed by atoms with van der Waals surface area (Å²) in [5.41, 5.74) is 3.91. The smallest absolute Gasteiger partial charge is 0.310 e. The van der Waals surface area contributed by atoms with Gasteiger partial charge in [-0.1, -0.05) is 30.0 Å². The third-order valence-electron chi connectivity index (χ3n) is 4.45. The van der Waals surface area contributed by atoms with E-state index in [0.717, 1.165) is 38.2 Å². The van der Waals surface area contributed by atoms with Crippen LogP contribution in [0, 0.1) is 0 Å². The zero-order valence-corrected chi connectivity index (χ0v) is 15.5. The molecule has 0 saturated carbocycles. The molecule has 0 radical (unpaired) electrons. The van der Waals surface area contributed by atoms with E-state index in [4.69, 9.17) is 5.11 Å². The summed E-state index contributed by atoms with van der Waals surface area (Å²) in [6.45, 7) is 2.35. The molecule has 2 heterocycles. The standard InChI is InChI=1S/C20H18N4O2S/c1-12(20(25)26)14-3-5-15(6-4-14)23-11-13-2-7-17-16(10-13)24-18-19(27-17)22-9-8-21-18/h2-10,12,23H,11H2,1H3,(H,21,24)(H,25,26). The predicted octanol–water partition coefficient (Wildman–Crippen LogP) is 4.49. The van der Waals surface area contributed by atoms with Gasteiger partial charge in [0.2, 0.25) is 0 Å². The first-order valence-corrected chi connectivity index (χ1v) is 9.37. The molecule has 0 amide bonds. The monoisotopic (exact) mass is 378 g/mol. The normalized spacial score (nSPS) is 13.1. The number of nitrogens with one attached hydrogen (secondary N) is 2. The van der Waals surface area contributed by atoms with E-state index in [1.807, 2.05) is 24.3 Å². The summed E-state index contributed by atoms with van der Waals surface area (Å²) in [6, 6.07) is 13.8. The van der Waals surface area contributed by atoms with Gasteiger partial charge in [-0.3, -0.25) is 4.79 Å². The SMILES string of the molecule is CC(C(=O)O)c1ccc(NCc2ccc3c(c2)Nc2nccnc2S3)cc1. The summed E-state index contributed by atoms with van der Waals surface area (Å²) < 4.78 is 0. The van der Waals surface area contributed by atoms with Crippen LogP contribution in [-0.2, 0) is 11.3 Å². The Morgan fingerprint density at radius 1 is 1.19 bits per heavy atom. The molecule has 27 heavy (non-hydrogen) atoms. The van der Waals surface area contributed by atoms with Crippen LogP contribution >= 0.6 is 11.8 Å². The molecule has 2 aromatic carbocycles. The van der Waals surface area contributed by atoms with Gasteiger partial charge in [0.1, 0.15) is 5.03 Å². The summed E-state index contributed by atoms with van der Waals surface area (Å²) in [5, 5.41) is 16.7. The molecule has 0 aliphatic carbocycles. The number of hydrogen-bond acceptors (Lipinski definition) is 6. The highest BCUT2D eigenvalue weighted by Crippen LogP contribution is 2.42. The van der Waals surface area contributed by atoms with Crippen molar-refractivity contribution >= 4 is 34.9 Å². The molecule has 0 saturated heterocycles. The van der Waals surface area contributed by atoms with Crippen molar-refractivity contribution in [3.8, 4) is 0 Å². The Labute approximate surface area is 161 Å². The van der Waals surface area contributed by atoms with Crippen molar-refractivity contribution in [2.24, 2.45) is 0 Å². The maximum absolute atomic E-state index is 11.1. The molecule has 0 spiro atoms. The van der Waals surface area contributed by atoms with Crippen molar-refractivity contribution in [3.05, 3.63) is 66.0 Å². The Kier molecular flexibility index (Phi) is 4.68. The van der Waals surface area contributed by atoms with Gasteiger partial charge in [0.15, 0.2) is 5.82 Å². The van der Waals surface area contributed by atoms with Crippen LogP contribution in [0.15, 0.2) is 64.8 Å². The Balaban J connectivity index is 1.43. The summed E-state index contributed by atoms with van der Waals surface area (Å²) in [5.74, 6) is -0.543. The van der Waals surface area contributed by atoms with Crippen LogP contribution in [0.2, 0.25) is 0 Å². The van der Waals surface area contributed by atoms with Gasteiger partial charge in [0, 0.05) is 29.5 Å². The lowest BCUT2D eigenvalue weighted by atomic mass is 10.0. The van der Waals surface area contributed by atoms with E-state index in [2.05, 4.69) is 38.8 Å². The molecule has 0 fully saturated rings. The molecule has 1 aliphatic heterocycles. The third-order valence-corrected chi connectivity index (χ3v) is 5.51. The molecule has 1 atom stereocenters. The van der Waals surface area contributed by atoms with Crippen LogP contribution in [0.3, 0.4) is 0 Å². The highest BCUT2D eigenvalue weighted by molar-refractivity contribution is 7.99. The van der Waals surface area contributed by atoms with E-state index in [0.29, 0.717) is 6.54 Å². The molecule has 0 bridgehead atoms. The van der Waals surface area contributed by atoms with Crippen LogP contribution in [0.4, 0.5) is 17.2 Å². The van der Waals surface area contributed by atoms with Gasteiger partial charge in [-0.25, -0.2) is 9.97 Å². The van der Waals surface area contributed by atoms with Crippen molar-refractivity contribution < 1.29 is 9.90 Å². The average Bonchev–Trinajstić information content (AvgIpc) is 2.70. The number of aromatic nitrogens is 2. The van der Waals surface area contributed by atoms with Gasteiger partial charge in [-0.15, -0.1) is 0 Å². The van der Waals surface area contributed by atoms with Gasteiger partial charge < -0.3 is 15.7 Å². The fourth-order valence-corrected chi connectivity index (χ4v) is 3.71. The number of carboxylic acid groups (broad SMARTS) is 1. The predicted molar refractivity (Wildman–Crippen MR) is 106 cm³/mol. The highest BCUT2D eigenvalue weighted by Gasteiger charge is 2.17. The molecule has 4 rings (SSSR count). The van der Waals surface area contributed by atoms with E-state index in [9.17, 15) is 4.79 Å². The van der Waals surface area contributed by atoms with Crippen LogP contribution < -0.4 is 10.6 Å². The molecular weight excluding hydrogens is 360 g/mol. The van der Waals surface area contributed by atoms with Crippen LogP contribution in [0.25, 0.3) is 0 Å². The summed E-state index contributed by atoms with van der Waals surface area (Å²) in [7, 11) is 0. The van der Waals surface area contributed by atoms with Crippen molar-refractivity contribution in [2.45, 2.75) is 29.3 Å². The second-order valence-corrected chi connectivity index (χ2v) is 7.33. The minimum Gasteiger partial charge on any atom is -0.481 e. The summed E-state index contributed by atoms with van der Waals surface area (Å²) >= 11 is 1.61. The first-order chi connectivity index (χ1) is 13.1. The lowest BCUT2D eigenvalue weighted by molar-refractivity contribution is -0.138. The van der Waals surface area contributed by atoms with E-state index >= 15 is 0 Å². The number of anilines is 3. The molecule has 1 aliphatic rings. The van der Waals surface area contributed by atoms with Gasteiger partial charge in [-0.2, -0.15) is 0 Å². The fraction of sp³-hybridized carbons (Fsp3) is 0.150. The van der Waals surface area contributed by atoms with Gasteiger partial charge >= 0.3 is 5.97 Å². The number of aliphatic carboxylic acids is 1. The second kappa shape index (κ2) is 7.28. The quantitative estimate of drug-likeness (QED) is 0.472. The number of benzene rings is 2. The highest BCUT2D eigenvalue weighted by atomic mass is 32.2. The van der Waals surface area contributed by atoms with Crippen molar-refractivity contribution in [3.63, 3.8) is 0 Å². The minimum absolute atomic E-state index is 0.505. The Morgan fingerprint density at radius 2 is 1.96 bits per heavy atom. The molecule has 1 aromatic heterocycles. The van der Waals surface area contributed by atoms with E-state index in [-0.39, 0.29) is 0 Å². The van der Waals surface area contributed by atoms with E-state index in [1.165, 1.54) is 0 Å². The van der Waals surface area contributed by atoms with Gasteiger partial charge in [0.05, 0.1) is 11.6 Å². The van der Waals surface area contributed by atoms with Crippen molar-refractivity contribution in [2.75, 3.05) is 10.6 Å². The molecule has 136 valence electrons. The second-order valence-electron chi connectivity index (χ2n) is 6.30. The zero-order chi connectivity index (χ0) is 18.8. The molecule has 7 heteroatoms. The first-order valence-electron chi connectivity index (χ1n) is 8.55. The summed E-state index contributed by atoms with van der Waals surface area (Å²) in [4.78, 5) is 20.8. The number of fused-ring (bicyclic) bond motifs is 2.